The van der Waals surface area contributed by atoms with Crippen LogP contribution in [0.4, 0.5) is 11.4 Å². The minimum Gasteiger partial charge on any atom is -0.326 e. The lowest BCUT2D eigenvalue weighted by Gasteiger charge is -2.25. The maximum Gasteiger partial charge on any atom is 0.226 e. The van der Waals surface area contributed by atoms with Crippen molar-refractivity contribution in [1.82, 2.24) is 0 Å². The Bertz CT molecular complexity index is 676. The van der Waals surface area contributed by atoms with Crippen LogP contribution in [0.2, 0.25) is 0 Å². The lowest BCUT2D eigenvalue weighted by molar-refractivity contribution is -0.117. The predicted molar refractivity (Wildman–Crippen MR) is 93.6 cm³/mol. The molecule has 120 valence electrons. The number of hydrogen-bond donors (Lipinski definition) is 1. The molecule has 2 aromatic rings. The number of benzene rings is 2. The van der Waals surface area contributed by atoms with Crippen LogP contribution >= 0.6 is 0 Å². The number of carbonyl (C=O) groups is 2. The summed E-state index contributed by atoms with van der Waals surface area (Å²) in [6, 6.07) is 15.2. The van der Waals surface area contributed by atoms with Gasteiger partial charge in [0.15, 0.2) is 0 Å². The van der Waals surface area contributed by atoms with Crippen LogP contribution in [0.1, 0.15) is 24.5 Å². The average molecular weight is 310 g/mol. The van der Waals surface area contributed by atoms with E-state index < -0.39 is 0 Å². The summed E-state index contributed by atoms with van der Waals surface area (Å²) >= 11 is 0. The Morgan fingerprint density at radius 2 is 1.57 bits per heavy atom. The van der Waals surface area contributed by atoms with E-state index in [0.717, 1.165) is 22.5 Å². The molecule has 2 aromatic carbocycles. The standard InChI is InChI=1S/C19H22N2O2/c1-14-8-7-9-15(2)19(14)21(16(3)22)13-12-18(23)20-17-10-5-4-6-11-17/h4-11H,12-13H2,1-3H3,(H,20,23). The number of amides is 2. The van der Waals surface area contributed by atoms with E-state index in [-0.39, 0.29) is 18.2 Å². The van der Waals surface area contributed by atoms with Gasteiger partial charge in [0, 0.05) is 31.3 Å². The molecular weight excluding hydrogens is 288 g/mol. The van der Waals surface area contributed by atoms with Gasteiger partial charge in [-0.1, -0.05) is 36.4 Å². The van der Waals surface area contributed by atoms with Gasteiger partial charge in [0.2, 0.25) is 11.8 Å². The van der Waals surface area contributed by atoms with Crippen LogP contribution in [0.3, 0.4) is 0 Å². The van der Waals surface area contributed by atoms with E-state index in [4.69, 9.17) is 0 Å². The van der Waals surface area contributed by atoms with E-state index in [2.05, 4.69) is 5.32 Å². The summed E-state index contributed by atoms with van der Waals surface area (Å²) in [5.74, 6) is -0.163. The van der Waals surface area contributed by atoms with E-state index >= 15 is 0 Å². The van der Waals surface area contributed by atoms with Crippen molar-refractivity contribution in [3.05, 3.63) is 59.7 Å². The summed E-state index contributed by atoms with van der Waals surface area (Å²) in [7, 11) is 0. The van der Waals surface area contributed by atoms with Crippen molar-refractivity contribution in [2.75, 3.05) is 16.8 Å². The maximum atomic E-state index is 12.1. The third-order valence-corrected chi connectivity index (χ3v) is 3.71. The second-order valence-corrected chi connectivity index (χ2v) is 5.58. The molecule has 0 aliphatic rings. The zero-order chi connectivity index (χ0) is 16.8. The van der Waals surface area contributed by atoms with Crippen LogP contribution < -0.4 is 10.2 Å². The Morgan fingerprint density at radius 1 is 0.957 bits per heavy atom. The van der Waals surface area contributed by atoms with E-state index in [1.54, 1.807) is 4.90 Å². The minimum atomic E-state index is -0.103. The highest BCUT2D eigenvalue weighted by Crippen LogP contribution is 2.25. The van der Waals surface area contributed by atoms with Gasteiger partial charge in [-0.15, -0.1) is 0 Å². The molecule has 4 heteroatoms. The second-order valence-electron chi connectivity index (χ2n) is 5.58. The van der Waals surface area contributed by atoms with E-state index in [9.17, 15) is 9.59 Å². The Labute approximate surface area is 137 Å². The molecule has 2 rings (SSSR count). The quantitative estimate of drug-likeness (QED) is 0.915. The zero-order valence-corrected chi connectivity index (χ0v) is 13.8. The number of nitrogens with zero attached hydrogens (tertiary/aromatic N) is 1. The zero-order valence-electron chi connectivity index (χ0n) is 13.8. The lowest BCUT2D eigenvalue weighted by Crippen LogP contribution is -2.33. The van der Waals surface area contributed by atoms with Gasteiger partial charge in [-0.2, -0.15) is 0 Å². The Hall–Kier alpha value is -2.62. The first-order chi connectivity index (χ1) is 11.0. The largest absolute Gasteiger partial charge is 0.326 e. The highest BCUT2D eigenvalue weighted by atomic mass is 16.2. The number of anilines is 2. The highest BCUT2D eigenvalue weighted by Gasteiger charge is 2.17. The van der Waals surface area contributed by atoms with Crippen molar-refractivity contribution >= 4 is 23.2 Å². The summed E-state index contributed by atoms with van der Waals surface area (Å²) in [5, 5.41) is 2.84. The number of aryl methyl sites for hydroxylation is 2. The molecule has 2 amide bonds. The molecule has 0 saturated heterocycles. The molecule has 0 unspecified atom stereocenters. The molecule has 0 fully saturated rings. The molecule has 0 atom stereocenters. The molecule has 0 spiro atoms. The minimum absolute atomic E-state index is 0.0603. The predicted octanol–water partition coefficient (Wildman–Crippen LogP) is 3.69. The summed E-state index contributed by atoms with van der Waals surface area (Å²) in [6.07, 6.45) is 0.252. The van der Waals surface area contributed by atoms with Gasteiger partial charge in [0.1, 0.15) is 0 Å². The number of hydrogen-bond acceptors (Lipinski definition) is 2. The van der Waals surface area contributed by atoms with Crippen molar-refractivity contribution in [2.45, 2.75) is 27.2 Å². The van der Waals surface area contributed by atoms with Crippen LogP contribution in [0.5, 0.6) is 0 Å². The van der Waals surface area contributed by atoms with E-state index in [1.165, 1.54) is 6.92 Å². The van der Waals surface area contributed by atoms with Crippen LogP contribution in [0.15, 0.2) is 48.5 Å². The Balaban J connectivity index is 2.06. The van der Waals surface area contributed by atoms with Gasteiger partial charge < -0.3 is 10.2 Å². The van der Waals surface area contributed by atoms with Gasteiger partial charge in [-0.25, -0.2) is 0 Å². The molecule has 0 aliphatic carbocycles. The van der Waals surface area contributed by atoms with Crippen molar-refractivity contribution < 1.29 is 9.59 Å². The van der Waals surface area contributed by atoms with Crippen LogP contribution in [0, 0.1) is 13.8 Å². The normalized spacial score (nSPS) is 10.2. The molecule has 1 N–H and O–H groups in total. The van der Waals surface area contributed by atoms with Crippen LogP contribution in [0.25, 0.3) is 0 Å². The fourth-order valence-corrected chi connectivity index (χ4v) is 2.62. The van der Waals surface area contributed by atoms with E-state index in [1.807, 2.05) is 62.4 Å². The average Bonchev–Trinajstić information content (AvgIpc) is 2.50. The van der Waals surface area contributed by atoms with Crippen molar-refractivity contribution in [3.63, 3.8) is 0 Å². The maximum absolute atomic E-state index is 12.1. The molecule has 0 heterocycles. The first-order valence-electron chi connectivity index (χ1n) is 7.68. The fourth-order valence-electron chi connectivity index (χ4n) is 2.62. The summed E-state index contributed by atoms with van der Waals surface area (Å²) in [5.41, 5.74) is 3.72. The van der Waals surface area contributed by atoms with E-state index in [0.29, 0.717) is 6.54 Å². The topological polar surface area (TPSA) is 49.4 Å². The van der Waals surface area contributed by atoms with Gasteiger partial charge in [0.25, 0.3) is 0 Å². The Kier molecular flexibility index (Phi) is 5.52. The number of rotatable bonds is 5. The smallest absolute Gasteiger partial charge is 0.226 e. The summed E-state index contributed by atoms with van der Waals surface area (Å²) < 4.78 is 0. The molecule has 0 aromatic heterocycles. The van der Waals surface area contributed by atoms with Gasteiger partial charge in [-0.3, -0.25) is 9.59 Å². The van der Waals surface area contributed by atoms with Crippen LogP contribution in [-0.2, 0) is 9.59 Å². The third kappa shape index (κ3) is 4.42. The third-order valence-electron chi connectivity index (χ3n) is 3.71. The highest BCUT2D eigenvalue weighted by molar-refractivity contribution is 5.95. The number of nitrogens with one attached hydrogen (secondary N) is 1. The first-order valence-corrected chi connectivity index (χ1v) is 7.68. The monoisotopic (exact) mass is 310 g/mol. The molecular formula is C19H22N2O2. The fraction of sp³-hybridized carbons (Fsp3) is 0.263. The Morgan fingerprint density at radius 3 is 2.13 bits per heavy atom. The summed E-state index contributed by atoms with van der Waals surface area (Å²) in [6.45, 7) is 5.84. The van der Waals surface area contributed by atoms with Crippen molar-refractivity contribution in [2.24, 2.45) is 0 Å². The van der Waals surface area contributed by atoms with Crippen molar-refractivity contribution in [1.29, 1.82) is 0 Å². The number of carbonyl (C=O) groups excluding carboxylic acids is 2. The molecule has 0 saturated carbocycles. The number of para-hydroxylation sites is 2. The lowest BCUT2D eigenvalue weighted by atomic mass is 10.1. The molecule has 4 nitrogen and oxygen atoms in total. The molecule has 23 heavy (non-hydrogen) atoms. The van der Waals surface area contributed by atoms with Gasteiger partial charge in [0.05, 0.1) is 0 Å². The SMILES string of the molecule is CC(=O)N(CCC(=O)Nc1ccccc1)c1c(C)cccc1C. The van der Waals surface area contributed by atoms with Gasteiger partial charge >= 0.3 is 0 Å². The second kappa shape index (κ2) is 7.58. The molecule has 0 radical (unpaired) electrons. The van der Waals surface area contributed by atoms with Crippen LogP contribution in [-0.4, -0.2) is 18.4 Å². The summed E-state index contributed by atoms with van der Waals surface area (Å²) in [4.78, 5) is 25.8. The van der Waals surface area contributed by atoms with Crippen molar-refractivity contribution in [3.8, 4) is 0 Å². The van der Waals surface area contributed by atoms with Gasteiger partial charge in [-0.05, 0) is 37.1 Å². The molecule has 0 aliphatic heterocycles. The molecule has 0 bridgehead atoms. The first kappa shape index (κ1) is 16.7.